The van der Waals surface area contributed by atoms with E-state index in [1.54, 1.807) is 10.6 Å². The van der Waals surface area contributed by atoms with Crippen LogP contribution >= 0.6 is 0 Å². The third-order valence-corrected chi connectivity index (χ3v) is 3.63. The molecule has 0 aliphatic rings. The van der Waals surface area contributed by atoms with Gasteiger partial charge in [-0.3, -0.25) is 4.79 Å². The van der Waals surface area contributed by atoms with Gasteiger partial charge in [0.25, 0.3) is 5.56 Å². The first-order valence-corrected chi connectivity index (χ1v) is 7.21. The molecule has 0 saturated carbocycles. The summed E-state index contributed by atoms with van der Waals surface area (Å²) in [5.41, 5.74) is 3.08. The zero-order chi connectivity index (χ0) is 15.6. The maximum atomic E-state index is 12.4. The van der Waals surface area contributed by atoms with Gasteiger partial charge in [0.1, 0.15) is 11.6 Å². The van der Waals surface area contributed by atoms with E-state index in [-0.39, 0.29) is 17.2 Å². The summed E-state index contributed by atoms with van der Waals surface area (Å²) in [5, 5.41) is 9.02. The van der Waals surface area contributed by atoms with Gasteiger partial charge >= 0.3 is 0 Å². The summed E-state index contributed by atoms with van der Waals surface area (Å²) in [6, 6.07) is 13.7. The van der Waals surface area contributed by atoms with E-state index in [1.165, 1.54) is 5.56 Å². The van der Waals surface area contributed by atoms with Crippen LogP contribution in [0.4, 0.5) is 0 Å². The molecule has 1 aromatic carbocycles. The number of benzene rings is 1. The van der Waals surface area contributed by atoms with Crippen molar-refractivity contribution >= 4 is 0 Å². The molecule has 0 saturated heterocycles. The van der Waals surface area contributed by atoms with Crippen molar-refractivity contribution in [3.63, 3.8) is 0 Å². The highest BCUT2D eigenvalue weighted by Gasteiger charge is 2.13. The molecule has 0 bridgehead atoms. The first-order valence-electron chi connectivity index (χ1n) is 7.21. The molecule has 0 N–H and O–H groups in total. The van der Waals surface area contributed by atoms with E-state index >= 15 is 0 Å². The molecule has 0 fully saturated rings. The zero-order valence-corrected chi connectivity index (χ0v) is 12.9. The van der Waals surface area contributed by atoms with Crippen LogP contribution in [-0.2, 0) is 0 Å². The molecule has 2 rings (SSSR count). The van der Waals surface area contributed by atoms with Gasteiger partial charge in [-0.1, -0.05) is 38.1 Å². The maximum Gasteiger partial charge on any atom is 0.269 e. The van der Waals surface area contributed by atoms with Crippen LogP contribution in [-0.4, -0.2) is 4.57 Å². The molecular weight excluding hydrogens is 260 g/mol. The first-order chi connectivity index (χ1) is 9.95. The van der Waals surface area contributed by atoms with Crippen LogP contribution < -0.4 is 5.56 Å². The Hall–Kier alpha value is -2.34. The van der Waals surface area contributed by atoms with E-state index in [4.69, 9.17) is 5.26 Å². The van der Waals surface area contributed by atoms with E-state index in [0.29, 0.717) is 5.92 Å². The fourth-order valence-corrected chi connectivity index (χ4v) is 2.42. The molecule has 0 atom stereocenters. The van der Waals surface area contributed by atoms with Gasteiger partial charge in [-0.2, -0.15) is 5.26 Å². The van der Waals surface area contributed by atoms with Crippen LogP contribution in [0.15, 0.2) is 41.2 Å². The number of nitrogens with zero attached hydrogens (tertiary/aromatic N) is 2. The lowest BCUT2D eigenvalue weighted by Gasteiger charge is -2.17. The second-order valence-electron chi connectivity index (χ2n) is 5.79. The van der Waals surface area contributed by atoms with Crippen LogP contribution in [0.3, 0.4) is 0 Å². The van der Waals surface area contributed by atoms with Crippen LogP contribution in [0, 0.1) is 11.3 Å². The molecule has 3 heteroatoms. The lowest BCUT2D eigenvalue weighted by molar-refractivity contribution is 0.584. The van der Waals surface area contributed by atoms with E-state index < -0.39 is 0 Å². The molecule has 0 aliphatic carbocycles. The molecule has 21 heavy (non-hydrogen) atoms. The van der Waals surface area contributed by atoms with Crippen molar-refractivity contribution < 1.29 is 0 Å². The Balaban J connectivity index is 2.61. The average molecular weight is 280 g/mol. The van der Waals surface area contributed by atoms with E-state index in [9.17, 15) is 4.79 Å². The largest absolute Gasteiger partial charge is 0.305 e. The van der Waals surface area contributed by atoms with Crippen molar-refractivity contribution in [3.8, 4) is 17.3 Å². The zero-order valence-electron chi connectivity index (χ0n) is 12.9. The highest BCUT2D eigenvalue weighted by molar-refractivity contribution is 5.61. The van der Waals surface area contributed by atoms with E-state index in [1.807, 2.05) is 38.1 Å². The average Bonchev–Trinajstić information content (AvgIpc) is 2.46. The quantitative estimate of drug-likeness (QED) is 0.850. The van der Waals surface area contributed by atoms with Gasteiger partial charge in [0.05, 0.1) is 5.69 Å². The van der Waals surface area contributed by atoms with Crippen molar-refractivity contribution in [1.29, 1.82) is 5.26 Å². The third-order valence-electron chi connectivity index (χ3n) is 3.63. The van der Waals surface area contributed by atoms with Gasteiger partial charge in [0, 0.05) is 6.04 Å². The van der Waals surface area contributed by atoms with E-state index in [2.05, 4.69) is 26.0 Å². The normalized spacial score (nSPS) is 10.9. The minimum atomic E-state index is -0.224. The highest BCUT2D eigenvalue weighted by atomic mass is 16.1. The molecule has 1 aromatic heterocycles. The van der Waals surface area contributed by atoms with Crippen LogP contribution in [0.5, 0.6) is 0 Å². The van der Waals surface area contributed by atoms with Crippen molar-refractivity contribution in [3.05, 3.63) is 57.9 Å². The van der Waals surface area contributed by atoms with Crippen molar-refractivity contribution in [2.75, 3.05) is 0 Å². The van der Waals surface area contributed by atoms with Crippen LogP contribution in [0.2, 0.25) is 0 Å². The van der Waals surface area contributed by atoms with Crippen molar-refractivity contribution in [1.82, 2.24) is 4.57 Å². The third kappa shape index (κ3) is 2.90. The lowest BCUT2D eigenvalue weighted by Crippen LogP contribution is -2.25. The molecule has 108 valence electrons. The summed E-state index contributed by atoms with van der Waals surface area (Å²) in [6.45, 7) is 8.21. The molecule has 0 radical (unpaired) electrons. The summed E-state index contributed by atoms with van der Waals surface area (Å²) < 4.78 is 1.68. The standard InChI is InChI=1S/C18H20N2O/c1-12(2)14-5-7-15(8-6-14)17-10-9-16(11-19)18(21)20(17)13(3)4/h5-10,12-13H,1-4H3. The fraction of sp³-hybridized carbons (Fsp3) is 0.333. The van der Waals surface area contributed by atoms with Crippen LogP contribution in [0.1, 0.15) is 50.8 Å². The maximum absolute atomic E-state index is 12.4. The van der Waals surface area contributed by atoms with Gasteiger partial charge in [0.15, 0.2) is 0 Å². The number of nitriles is 1. The molecule has 0 spiro atoms. The van der Waals surface area contributed by atoms with Crippen LogP contribution in [0.25, 0.3) is 11.3 Å². The Morgan fingerprint density at radius 1 is 1.00 bits per heavy atom. The SMILES string of the molecule is CC(C)c1ccc(-c2ccc(C#N)c(=O)n2C(C)C)cc1. The number of pyridine rings is 1. The lowest BCUT2D eigenvalue weighted by atomic mass is 10.00. The molecule has 0 amide bonds. The Kier molecular flexibility index (Phi) is 4.28. The first kappa shape index (κ1) is 15.1. The fourth-order valence-electron chi connectivity index (χ4n) is 2.42. The highest BCUT2D eigenvalue weighted by Crippen LogP contribution is 2.24. The number of rotatable bonds is 3. The van der Waals surface area contributed by atoms with E-state index in [0.717, 1.165) is 11.3 Å². The summed E-state index contributed by atoms with van der Waals surface area (Å²) in [5.74, 6) is 0.479. The summed E-state index contributed by atoms with van der Waals surface area (Å²) in [6.07, 6.45) is 0. The van der Waals surface area contributed by atoms with Gasteiger partial charge in [0.2, 0.25) is 0 Å². The summed E-state index contributed by atoms with van der Waals surface area (Å²) in [7, 11) is 0. The van der Waals surface area contributed by atoms with Crippen molar-refractivity contribution in [2.24, 2.45) is 0 Å². The van der Waals surface area contributed by atoms with Crippen molar-refractivity contribution in [2.45, 2.75) is 39.7 Å². The molecule has 0 aliphatic heterocycles. The minimum Gasteiger partial charge on any atom is -0.305 e. The Labute approximate surface area is 125 Å². The second-order valence-corrected chi connectivity index (χ2v) is 5.79. The predicted octanol–water partition coefficient (Wildman–Crippen LogP) is 4.09. The molecule has 3 nitrogen and oxygen atoms in total. The summed E-state index contributed by atoms with van der Waals surface area (Å²) >= 11 is 0. The monoisotopic (exact) mass is 280 g/mol. The molecule has 0 unspecified atom stereocenters. The van der Waals surface area contributed by atoms with Gasteiger partial charge in [-0.15, -0.1) is 0 Å². The Morgan fingerprint density at radius 3 is 2.10 bits per heavy atom. The molecule has 2 aromatic rings. The molecule has 1 heterocycles. The topological polar surface area (TPSA) is 45.8 Å². The van der Waals surface area contributed by atoms with Gasteiger partial charge < -0.3 is 4.57 Å². The minimum absolute atomic E-state index is 0.00516. The van der Waals surface area contributed by atoms with Gasteiger partial charge in [-0.05, 0) is 43.0 Å². The number of hydrogen-bond donors (Lipinski definition) is 0. The van der Waals surface area contributed by atoms with Gasteiger partial charge in [-0.25, -0.2) is 0 Å². The predicted molar refractivity (Wildman–Crippen MR) is 85.3 cm³/mol. The summed E-state index contributed by atoms with van der Waals surface area (Å²) in [4.78, 5) is 12.4. The number of aromatic nitrogens is 1. The second kappa shape index (κ2) is 5.97. The Morgan fingerprint density at radius 2 is 1.62 bits per heavy atom. The molecular formula is C18H20N2O. The number of hydrogen-bond acceptors (Lipinski definition) is 2. The smallest absolute Gasteiger partial charge is 0.269 e. The Bertz CT molecular complexity index is 731.